The lowest BCUT2D eigenvalue weighted by Crippen LogP contribution is -2.15. The van der Waals surface area contributed by atoms with Gasteiger partial charge in [0.15, 0.2) is 0 Å². The number of aromatic amines is 1. The Bertz CT molecular complexity index is 751. The highest BCUT2D eigenvalue weighted by Crippen LogP contribution is 2.10. The first-order valence-corrected chi connectivity index (χ1v) is 5.65. The molecule has 19 heavy (non-hydrogen) atoms. The fraction of sp³-hybridized carbons (Fsp3) is 0.143. The molecule has 2 aromatic rings. The number of hydrogen-bond acceptors (Lipinski definition) is 3. The number of hydrogen-bond donors (Lipinski definition) is 3. The van der Waals surface area contributed by atoms with E-state index in [1.165, 1.54) is 6.20 Å². The number of fused-ring (bicyclic) bond motifs is 1. The highest BCUT2D eigenvalue weighted by Gasteiger charge is 2.11. The molecule has 2 rings (SSSR count). The molecule has 0 amide bonds. The van der Waals surface area contributed by atoms with Crippen LogP contribution in [0.2, 0.25) is 0 Å². The third kappa shape index (κ3) is 2.64. The van der Waals surface area contributed by atoms with Crippen molar-refractivity contribution in [1.29, 1.82) is 0 Å². The van der Waals surface area contributed by atoms with Gasteiger partial charge >= 0.3 is 5.97 Å². The molecule has 5 nitrogen and oxygen atoms in total. The first-order chi connectivity index (χ1) is 9.13. The van der Waals surface area contributed by atoms with Crippen LogP contribution in [0.3, 0.4) is 0 Å². The maximum atomic E-state index is 11.9. The monoisotopic (exact) mass is 256 g/mol. The summed E-state index contributed by atoms with van der Waals surface area (Å²) in [6, 6.07) is 5.01. The molecule has 0 bridgehead atoms. The Balaban J connectivity index is 2.53. The molecule has 0 saturated heterocycles. The van der Waals surface area contributed by atoms with Gasteiger partial charge in [0.2, 0.25) is 5.43 Å². The van der Waals surface area contributed by atoms with E-state index in [1.807, 2.05) is 0 Å². The molecule has 0 aliphatic heterocycles. The molecule has 0 spiro atoms. The Labute approximate surface area is 109 Å². The van der Waals surface area contributed by atoms with Crippen molar-refractivity contribution in [3.05, 3.63) is 45.7 Å². The van der Waals surface area contributed by atoms with Gasteiger partial charge in [0.05, 0.1) is 12.1 Å². The molecular weight excluding hydrogens is 244 g/mol. The van der Waals surface area contributed by atoms with Gasteiger partial charge in [0.1, 0.15) is 5.56 Å². The van der Waals surface area contributed by atoms with Crippen LogP contribution in [0.4, 0.5) is 0 Å². The van der Waals surface area contributed by atoms with E-state index in [4.69, 9.17) is 5.11 Å². The van der Waals surface area contributed by atoms with Crippen LogP contribution in [0.5, 0.6) is 0 Å². The first kappa shape index (κ1) is 12.9. The number of carboxylic acids is 1. The highest BCUT2D eigenvalue weighted by atomic mass is 16.4. The predicted molar refractivity (Wildman–Crippen MR) is 72.3 cm³/mol. The van der Waals surface area contributed by atoms with Crippen LogP contribution in [0.15, 0.2) is 29.2 Å². The summed E-state index contributed by atoms with van der Waals surface area (Å²) in [4.78, 5) is 25.6. The molecule has 3 N–H and O–H groups in total. The number of aromatic carboxylic acids is 1. The zero-order valence-corrected chi connectivity index (χ0v) is 10.3. The van der Waals surface area contributed by atoms with E-state index in [1.54, 1.807) is 25.2 Å². The van der Waals surface area contributed by atoms with E-state index >= 15 is 0 Å². The van der Waals surface area contributed by atoms with Crippen molar-refractivity contribution in [2.45, 2.75) is 0 Å². The summed E-state index contributed by atoms with van der Waals surface area (Å²) in [5.41, 5.74) is 0.588. The zero-order valence-electron chi connectivity index (χ0n) is 10.3. The minimum atomic E-state index is -1.24. The van der Waals surface area contributed by atoms with Gasteiger partial charge in [-0.25, -0.2) is 4.79 Å². The first-order valence-electron chi connectivity index (χ1n) is 5.65. The van der Waals surface area contributed by atoms with Crippen LogP contribution < -0.4 is 10.7 Å². The largest absolute Gasteiger partial charge is 0.477 e. The molecule has 0 aliphatic rings. The van der Waals surface area contributed by atoms with E-state index in [0.717, 1.165) is 5.56 Å². The van der Waals surface area contributed by atoms with Crippen LogP contribution in [0.25, 0.3) is 10.9 Å². The molecule has 0 fully saturated rings. The predicted octanol–water partition coefficient (Wildman–Crippen LogP) is 0.797. The summed E-state index contributed by atoms with van der Waals surface area (Å²) in [6.07, 6.45) is 1.21. The molecule has 0 atom stereocenters. The molecule has 1 aromatic heterocycles. The topological polar surface area (TPSA) is 82.2 Å². The molecular formula is C14H12N2O3. The van der Waals surface area contributed by atoms with Crippen LogP contribution in [0.1, 0.15) is 15.9 Å². The number of nitrogens with one attached hydrogen (secondary N) is 2. The summed E-state index contributed by atoms with van der Waals surface area (Å²) in [6.45, 7) is 0.576. The Morgan fingerprint density at radius 1 is 1.47 bits per heavy atom. The summed E-state index contributed by atoms with van der Waals surface area (Å²) >= 11 is 0. The van der Waals surface area contributed by atoms with E-state index in [9.17, 15) is 9.59 Å². The normalized spacial score (nSPS) is 9.95. The van der Waals surface area contributed by atoms with Crippen molar-refractivity contribution in [3.8, 4) is 11.8 Å². The number of carbonyl (C=O) groups is 1. The van der Waals surface area contributed by atoms with Crippen LogP contribution in [-0.4, -0.2) is 29.7 Å². The lowest BCUT2D eigenvalue weighted by Gasteiger charge is -2.00. The second-order valence-electron chi connectivity index (χ2n) is 3.93. The molecule has 1 aromatic carbocycles. The number of aromatic nitrogens is 1. The molecule has 0 radical (unpaired) electrons. The fourth-order valence-electron chi connectivity index (χ4n) is 1.69. The van der Waals surface area contributed by atoms with Gasteiger partial charge in [-0.3, -0.25) is 4.79 Å². The van der Waals surface area contributed by atoms with Gasteiger partial charge < -0.3 is 15.4 Å². The molecule has 0 aliphatic carbocycles. The summed E-state index contributed by atoms with van der Waals surface area (Å²) in [7, 11) is 1.81. The second kappa shape index (κ2) is 5.38. The Hall–Kier alpha value is -2.58. The van der Waals surface area contributed by atoms with Crippen molar-refractivity contribution in [1.82, 2.24) is 10.3 Å². The van der Waals surface area contributed by atoms with Crippen molar-refractivity contribution < 1.29 is 9.90 Å². The maximum absolute atomic E-state index is 11.9. The molecule has 0 unspecified atom stereocenters. The van der Waals surface area contributed by atoms with Gasteiger partial charge in [-0.2, -0.15) is 0 Å². The van der Waals surface area contributed by atoms with Gasteiger partial charge in [-0.15, -0.1) is 0 Å². The molecule has 96 valence electrons. The standard InChI is InChI=1S/C14H12N2O3/c1-15-6-2-3-9-4-5-10-12(7-9)16-8-11(13(10)17)14(18)19/h4-5,7-8,15H,6H2,1H3,(H,16,17)(H,18,19). The van der Waals surface area contributed by atoms with Gasteiger partial charge in [-0.1, -0.05) is 11.8 Å². The summed E-state index contributed by atoms with van der Waals surface area (Å²) in [5, 5.41) is 12.1. The molecule has 5 heteroatoms. The number of H-pyrrole nitrogens is 1. The zero-order chi connectivity index (χ0) is 13.8. The van der Waals surface area contributed by atoms with Gasteiger partial charge in [-0.05, 0) is 25.2 Å². The van der Waals surface area contributed by atoms with Crippen molar-refractivity contribution in [2.75, 3.05) is 13.6 Å². The van der Waals surface area contributed by atoms with Gasteiger partial charge in [0, 0.05) is 17.1 Å². The number of benzene rings is 1. The smallest absolute Gasteiger partial charge is 0.341 e. The highest BCUT2D eigenvalue weighted by molar-refractivity contribution is 5.92. The van der Waals surface area contributed by atoms with Crippen LogP contribution >= 0.6 is 0 Å². The maximum Gasteiger partial charge on any atom is 0.341 e. The van der Waals surface area contributed by atoms with E-state index in [0.29, 0.717) is 17.4 Å². The quantitative estimate of drug-likeness (QED) is 0.694. The van der Waals surface area contributed by atoms with E-state index < -0.39 is 11.4 Å². The minimum Gasteiger partial charge on any atom is -0.477 e. The average molecular weight is 256 g/mol. The van der Waals surface area contributed by atoms with Gasteiger partial charge in [0.25, 0.3) is 0 Å². The van der Waals surface area contributed by atoms with Crippen molar-refractivity contribution in [3.63, 3.8) is 0 Å². The number of pyridine rings is 1. The third-order valence-corrected chi connectivity index (χ3v) is 2.61. The number of carboxylic acid groups (broad SMARTS) is 1. The van der Waals surface area contributed by atoms with Crippen LogP contribution in [-0.2, 0) is 0 Å². The third-order valence-electron chi connectivity index (χ3n) is 2.61. The summed E-state index contributed by atoms with van der Waals surface area (Å²) < 4.78 is 0. The van der Waals surface area contributed by atoms with Crippen LogP contribution in [0, 0.1) is 11.8 Å². The number of rotatable bonds is 2. The lowest BCUT2D eigenvalue weighted by atomic mass is 10.1. The lowest BCUT2D eigenvalue weighted by molar-refractivity contribution is 0.0695. The van der Waals surface area contributed by atoms with Crippen molar-refractivity contribution >= 4 is 16.9 Å². The fourth-order valence-corrected chi connectivity index (χ4v) is 1.69. The Morgan fingerprint density at radius 3 is 2.95 bits per heavy atom. The summed E-state index contributed by atoms with van der Waals surface area (Å²) in [5.74, 6) is 4.62. The van der Waals surface area contributed by atoms with Crippen molar-refractivity contribution in [2.24, 2.45) is 0 Å². The van der Waals surface area contributed by atoms with E-state index in [-0.39, 0.29) is 5.56 Å². The van der Waals surface area contributed by atoms with E-state index in [2.05, 4.69) is 22.1 Å². The molecule has 1 heterocycles. The Morgan fingerprint density at radius 2 is 2.26 bits per heavy atom. The molecule has 0 saturated carbocycles. The minimum absolute atomic E-state index is 0.262. The second-order valence-corrected chi connectivity index (χ2v) is 3.93. The Kier molecular flexibility index (Phi) is 3.64. The SMILES string of the molecule is CNCC#Cc1ccc2c(=O)c(C(=O)O)c[nH]c2c1. The average Bonchev–Trinajstić information content (AvgIpc) is 2.39.